The lowest BCUT2D eigenvalue weighted by Crippen LogP contribution is -2.07. The van der Waals surface area contributed by atoms with Gasteiger partial charge in [-0.3, -0.25) is 0 Å². The van der Waals surface area contributed by atoms with Gasteiger partial charge in [-0.2, -0.15) is 0 Å². The number of nitrogens with one attached hydrogen (secondary N) is 1. The van der Waals surface area contributed by atoms with Gasteiger partial charge in [0.05, 0.1) is 5.01 Å². The van der Waals surface area contributed by atoms with E-state index in [4.69, 9.17) is 0 Å². The predicted octanol–water partition coefficient (Wildman–Crippen LogP) is 2.49. The number of aromatic nitrogens is 1. The quantitative estimate of drug-likeness (QED) is 0.807. The first-order chi connectivity index (χ1) is 6.93. The third kappa shape index (κ3) is 1.48. The van der Waals surface area contributed by atoms with Crippen molar-refractivity contribution in [3.8, 4) is 0 Å². The van der Waals surface area contributed by atoms with Gasteiger partial charge in [0.15, 0.2) is 0 Å². The molecule has 1 aromatic rings. The standard InChI is InChI=1S/C11H16N2S/c1-2-8(3-1)10-7-13-11(14-10)9-4-5-12-6-9/h7-9,12H,1-6H2. The Labute approximate surface area is 88.7 Å². The minimum atomic E-state index is 0.703. The molecule has 2 heterocycles. The number of rotatable bonds is 2. The topological polar surface area (TPSA) is 24.9 Å². The first-order valence-corrected chi connectivity index (χ1v) is 6.41. The lowest BCUT2D eigenvalue weighted by molar-refractivity contribution is 0.425. The molecule has 14 heavy (non-hydrogen) atoms. The first kappa shape index (κ1) is 8.86. The van der Waals surface area contributed by atoms with Crippen molar-refractivity contribution in [3.63, 3.8) is 0 Å². The van der Waals surface area contributed by atoms with E-state index in [0.717, 1.165) is 12.5 Å². The molecule has 1 aliphatic carbocycles. The fraction of sp³-hybridized carbons (Fsp3) is 0.727. The van der Waals surface area contributed by atoms with Crippen molar-refractivity contribution in [2.45, 2.75) is 37.5 Å². The van der Waals surface area contributed by atoms with E-state index >= 15 is 0 Å². The normalized spacial score (nSPS) is 27.9. The summed E-state index contributed by atoms with van der Waals surface area (Å²) in [7, 11) is 0. The molecule has 2 fully saturated rings. The smallest absolute Gasteiger partial charge is 0.0971 e. The molecule has 76 valence electrons. The van der Waals surface area contributed by atoms with E-state index in [1.54, 1.807) is 0 Å². The third-order valence-corrected chi connectivity index (χ3v) is 4.78. The van der Waals surface area contributed by atoms with Crippen molar-refractivity contribution in [2.75, 3.05) is 13.1 Å². The van der Waals surface area contributed by atoms with Crippen LogP contribution in [-0.4, -0.2) is 18.1 Å². The summed E-state index contributed by atoms with van der Waals surface area (Å²) in [6, 6.07) is 0. The number of hydrogen-bond acceptors (Lipinski definition) is 3. The van der Waals surface area contributed by atoms with Gasteiger partial charge >= 0.3 is 0 Å². The van der Waals surface area contributed by atoms with Gasteiger partial charge in [0, 0.05) is 23.5 Å². The minimum Gasteiger partial charge on any atom is -0.316 e. The summed E-state index contributed by atoms with van der Waals surface area (Å²) < 4.78 is 0. The van der Waals surface area contributed by atoms with Crippen LogP contribution in [0.1, 0.15) is 47.4 Å². The molecule has 3 heteroatoms. The van der Waals surface area contributed by atoms with Crippen LogP contribution >= 0.6 is 11.3 Å². The molecule has 0 amide bonds. The number of nitrogens with zero attached hydrogens (tertiary/aromatic N) is 1. The monoisotopic (exact) mass is 208 g/mol. The van der Waals surface area contributed by atoms with Crippen LogP contribution in [-0.2, 0) is 0 Å². The average Bonchev–Trinajstić information content (AvgIpc) is 2.65. The highest BCUT2D eigenvalue weighted by atomic mass is 32.1. The molecule has 2 aliphatic rings. The number of thiazole rings is 1. The summed E-state index contributed by atoms with van der Waals surface area (Å²) in [4.78, 5) is 6.12. The van der Waals surface area contributed by atoms with E-state index in [9.17, 15) is 0 Å². The van der Waals surface area contributed by atoms with Crippen molar-refractivity contribution < 1.29 is 0 Å². The van der Waals surface area contributed by atoms with Crippen LogP contribution < -0.4 is 5.32 Å². The van der Waals surface area contributed by atoms with E-state index in [0.29, 0.717) is 5.92 Å². The summed E-state index contributed by atoms with van der Waals surface area (Å²) in [5.41, 5.74) is 0. The SMILES string of the molecule is c1nc(C2CCNC2)sc1C1CCC1. The van der Waals surface area contributed by atoms with Crippen LogP contribution in [0.2, 0.25) is 0 Å². The van der Waals surface area contributed by atoms with Crippen molar-refractivity contribution in [1.82, 2.24) is 10.3 Å². The van der Waals surface area contributed by atoms with Gasteiger partial charge in [-0.25, -0.2) is 4.98 Å². The van der Waals surface area contributed by atoms with E-state index < -0.39 is 0 Å². The van der Waals surface area contributed by atoms with Crippen molar-refractivity contribution in [2.24, 2.45) is 0 Å². The van der Waals surface area contributed by atoms with Crippen molar-refractivity contribution in [3.05, 3.63) is 16.1 Å². The predicted molar refractivity (Wildman–Crippen MR) is 58.9 cm³/mol. The Morgan fingerprint density at radius 2 is 2.21 bits per heavy atom. The lowest BCUT2D eigenvalue weighted by atomic mass is 9.85. The largest absolute Gasteiger partial charge is 0.316 e. The van der Waals surface area contributed by atoms with Gasteiger partial charge in [0.25, 0.3) is 0 Å². The molecule has 1 atom stereocenters. The molecule has 1 saturated heterocycles. The van der Waals surface area contributed by atoms with Crippen LogP contribution in [0.25, 0.3) is 0 Å². The fourth-order valence-corrected chi connectivity index (χ4v) is 3.46. The molecule has 1 unspecified atom stereocenters. The molecule has 0 radical (unpaired) electrons. The van der Waals surface area contributed by atoms with Crippen LogP contribution in [0.5, 0.6) is 0 Å². The fourth-order valence-electron chi connectivity index (χ4n) is 2.24. The van der Waals surface area contributed by atoms with E-state index in [-0.39, 0.29) is 0 Å². The molecule has 1 aromatic heterocycles. The summed E-state index contributed by atoms with van der Waals surface area (Å²) in [6.45, 7) is 2.31. The molecule has 1 aliphatic heterocycles. The highest BCUT2D eigenvalue weighted by molar-refractivity contribution is 7.11. The van der Waals surface area contributed by atoms with Gasteiger partial charge < -0.3 is 5.32 Å². The zero-order valence-electron chi connectivity index (χ0n) is 8.33. The van der Waals surface area contributed by atoms with E-state index in [2.05, 4.69) is 16.5 Å². The number of hydrogen-bond donors (Lipinski definition) is 1. The van der Waals surface area contributed by atoms with Crippen molar-refractivity contribution in [1.29, 1.82) is 0 Å². The van der Waals surface area contributed by atoms with Crippen LogP contribution in [0.3, 0.4) is 0 Å². The molecular weight excluding hydrogens is 192 g/mol. The Kier molecular flexibility index (Phi) is 2.30. The Hall–Kier alpha value is -0.410. The molecule has 0 bridgehead atoms. The lowest BCUT2D eigenvalue weighted by Gasteiger charge is -2.23. The maximum absolute atomic E-state index is 4.58. The summed E-state index contributed by atoms with van der Waals surface area (Å²) in [6.07, 6.45) is 7.61. The molecule has 3 rings (SSSR count). The second-order valence-electron chi connectivity index (χ2n) is 4.42. The molecule has 0 spiro atoms. The van der Waals surface area contributed by atoms with Gasteiger partial charge in [-0.1, -0.05) is 6.42 Å². The third-order valence-electron chi connectivity index (χ3n) is 3.46. The zero-order valence-corrected chi connectivity index (χ0v) is 9.15. The molecular formula is C11H16N2S. The molecule has 2 nitrogen and oxygen atoms in total. The summed E-state index contributed by atoms with van der Waals surface area (Å²) in [5.74, 6) is 1.56. The van der Waals surface area contributed by atoms with Gasteiger partial charge in [-0.05, 0) is 31.7 Å². The second kappa shape index (κ2) is 3.63. The molecule has 0 aromatic carbocycles. The average molecular weight is 208 g/mol. The van der Waals surface area contributed by atoms with Gasteiger partial charge in [0.1, 0.15) is 0 Å². The Balaban J connectivity index is 1.75. The molecule has 1 saturated carbocycles. The highest BCUT2D eigenvalue weighted by Gasteiger charge is 2.24. The van der Waals surface area contributed by atoms with E-state index in [1.165, 1.54) is 42.1 Å². The Morgan fingerprint density at radius 3 is 2.86 bits per heavy atom. The van der Waals surface area contributed by atoms with Crippen LogP contribution in [0.4, 0.5) is 0 Å². The summed E-state index contributed by atoms with van der Waals surface area (Å²) in [5, 5.41) is 4.78. The maximum atomic E-state index is 4.58. The first-order valence-electron chi connectivity index (χ1n) is 5.60. The minimum absolute atomic E-state index is 0.703. The highest BCUT2D eigenvalue weighted by Crippen LogP contribution is 2.40. The second-order valence-corrected chi connectivity index (χ2v) is 5.51. The van der Waals surface area contributed by atoms with E-state index in [1.807, 2.05) is 11.3 Å². The Morgan fingerprint density at radius 1 is 1.29 bits per heavy atom. The van der Waals surface area contributed by atoms with Crippen molar-refractivity contribution >= 4 is 11.3 Å². The van der Waals surface area contributed by atoms with Crippen LogP contribution in [0.15, 0.2) is 6.20 Å². The Bertz CT molecular complexity index is 311. The molecule has 1 N–H and O–H groups in total. The van der Waals surface area contributed by atoms with Gasteiger partial charge in [-0.15, -0.1) is 11.3 Å². The maximum Gasteiger partial charge on any atom is 0.0971 e. The summed E-state index contributed by atoms with van der Waals surface area (Å²) >= 11 is 1.96. The van der Waals surface area contributed by atoms with Crippen LogP contribution in [0, 0.1) is 0 Å². The van der Waals surface area contributed by atoms with Gasteiger partial charge in [0.2, 0.25) is 0 Å². The zero-order chi connectivity index (χ0) is 9.38.